The number of imide groups is 1. The van der Waals surface area contributed by atoms with Crippen molar-refractivity contribution < 1.29 is 9.59 Å². The van der Waals surface area contributed by atoms with Crippen molar-refractivity contribution in [2.24, 2.45) is 11.8 Å². The number of fused-ring (bicyclic) bond motifs is 3. The van der Waals surface area contributed by atoms with Crippen LogP contribution in [0.4, 0.5) is 0 Å². The molecular weight excluding hydrogens is 204 g/mol. The molecule has 0 saturated carbocycles. The molecule has 0 aromatic rings. The Morgan fingerprint density at radius 2 is 2.06 bits per heavy atom. The highest BCUT2D eigenvalue weighted by atomic mass is 16.2. The van der Waals surface area contributed by atoms with Gasteiger partial charge < -0.3 is 0 Å². The molecular formula is C12H16N2O2. The van der Waals surface area contributed by atoms with Gasteiger partial charge >= 0.3 is 0 Å². The number of carbonyl (C=O) groups is 2. The van der Waals surface area contributed by atoms with Gasteiger partial charge in [0, 0.05) is 26.2 Å². The maximum Gasteiger partial charge on any atom is 0.234 e. The number of amides is 2. The molecule has 0 aromatic carbocycles. The summed E-state index contributed by atoms with van der Waals surface area (Å²) in [6.45, 7) is 3.76. The monoisotopic (exact) mass is 220 g/mol. The molecule has 2 amide bonds. The van der Waals surface area contributed by atoms with E-state index in [4.69, 9.17) is 0 Å². The summed E-state index contributed by atoms with van der Waals surface area (Å²) in [6.07, 6.45) is 3.14. The van der Waals surface area contributed by atoms with Gasteiger partial charge in [0.25, 0.3) is 0 Å². The molecule has 2 fully saturated rings. The highest BCUT2D eigenvalue weighted by Gasteiger charge is 2.56. The second kappa shape index (κ2) is 3.17. The minimum Gasteiger partial charge on any atom is -0.295 e. The Balaban J connectivity index is 1.93. The smallest absolute Gasteiger partial charge is 0.234 e. The molecule has 0 unspecified atom stereocenters. The molecule has 2 saturated heterocycles. The summed E-state index contributed by atoms with van der Waals surface area (Å²) in [6, 6.07) is 0.261. The Kier molecular flexibility index (Phi) is 1.98. The van der Waals surface area contributed by atoms with Crippen molar-refractivity contribution >= 4 is 11.8 Å². The average molecular weight is 220 g/mol. The van der Waals surface area contributed by atoms with E-state index in [1.165, 1.54) is 10.5 Å². The molecule has 3 atom stereocenters. The Bertz CT molecular complexity index is 402. The molecule has 3 aliphatic rings. The Hall–Kier alpha value is -1.16. The number of nitrogens with zero attached hydrogens (tertiary/aromatic N) is 2. The summed E-state index contributed by atoms with van der Waals surface area (Å²) in [5.74, 6) is -0.123. The quantitative estimate of drug-likeness (QED) is 0.434. The second-order valence-corrected chi connectivity index (χ2v) is 5.14. The van der Waals surface area contributed by atoms with Crippen LogP contribution in [0, 0.1) is 11.8 Å². The zero-order valence-corrected chi connectivity index (χ0v) is 9.64. The second-order valence-electron chi connectivity index (χ2n) is 5.14. The minimum atomic E-state index is -0.0823. The fraction of sp³-hybridized carbons (Fsp3) is 0.667. The van der Waals surface area contributed by atoms with Gasteiger partial charge in [-0.3, -0.25) is 19.4 Å². The normalized spacial score (nSPS) is 38.8. The minimum absolute atomic E-state index is 0.0158. The van der Waals surface area contributed by atoms with E-state index in [2.05, 4.69) is 17.9 Å². The van der Waals surface area contributed by atoms with E-state index in [1.807, 2.05) is 0 Å². The van der Waals surface area contributed by atoms with Crippen LogP contribution in [0.15, 0.2) is 11.6 Å². The highest BCUT2D eigenvalue weighted by Crippen LogP contribution is 2.41. The van der Waals surface area contributed by atoms with Gasteiger partial charge in [0.15, 0.2) is 0 Å². The van der Waals surface area contributed by atoms with Crippen LogP contribution in [-0.2, 0) is 9.59 Å². The van der Waals surface area contributed by atoms with Crippen molar-refractivity contribution in [2.45, 2.75) is 19.4 Å². The summed E-state index contributed by atoms with van der Waals surface area (Å²) in [7, 11) is 1.61. The molecule has 3 heterocycles. The lowest BCUT2D eigenvalue weighted by Crippen LogP contribution is -2.41. The molecule has 0 aliphatic carbocycles. The van der Waals surface area contributed by atoms with E-state index < -0.39 is 0 Å². The molecule has 0 spiro atoms. The van der Waals surface area contributed by atoms with Gasteiger partial charge in [-0.25, -0.2) is 0 Å². The third-order valence-electron chi connectivity index (χ3n) is 4.22. The summed E-state index contributed by atoms with van der Waals surface area (Å²) in [5, 5.41) is 0. The molecule has 16 heavy (non-hydrogen) atoms. The fourth-order valence-electron chi connectivity index (χ4n) is 3.30. The van der Waals surface area contributed by atoms with Gasteiger partial charge in [0.1, 0.15) is 0 Å². The van der Waals surface area contributed by atoms with E-state index in [0.717, 1.165) is 19.5 Å². The van der Waals surface area contributed by atoms with E-state index in [-0.39, 0.29) is 29.7 Å². The van der Waals surface area contributed by atoms with E-state index in [1.54, 1.807) is 7.05 Å². The number of hydrogen-bond donors (Lipinski definition) is 0. The number of hydrogen-bond acceptors (Lipinski definition) is 3. The van der Waals surface area contributed by atoms with Gasteiger partial charge in [0.05, 0.1) is 11.8 Å². The summed E-state index contributed by atoms with van der Waals surface area (Å²) < 4.78 is 0. The Labute approximate surface area is 94.9 Å². The molecule has 0 bridgehead atoms. The topological polar surface area (TPSA) is 40.6 Å². The van der Waals surface area contributed by atoms with Crippen LogP contribution in [-0.4, -0.2) is 47.8 Å². The lowest BCUT2D eigenvalue weighted by Gasteiger charge is -2.30. The third kappa shape index (κ3) is 1.13. The van der Waals surface area contributed by atoms with Gasteiger partial charge in [-0.05, 0) is 13.3 Å². The largest absolute Gasteiger partial charge is 0.295 e. The zero-order valence-electron chi connectivity index (χ0n) is 9.64. The SMILES string of the molecule is CC1=CCN2C[C@H]3C(=O)N(C)C(=O)[C@H]3[C@@H]2C1. The predicted octanol–water partition coefficient (Wildman–Crippen LogP) is 0.252. The maximum absolute atomic E-state index is 12.0. The van der Waals surface area contributed by atoms with Gasteiger partial charge in [-0.15, -0.1) is 0 Å². The van der Waals surface area contributed by atoms with Crippen molar-refractivity contribution in [2.75, 3.05) is 20.1 Å². The number of likely N-dealkylation sites (tertiary alicyclic amines) is 1. The van der Waals surface area contributed by atoms with Gasteiger partial charge in [-0.2, -0.15) is 0 Å². The van der Waals surface area contributed by atoms with Crippen LogP contribution in [0.3, 0.4) is 0 Å². The van der Waals surface area contributed by atoms with Crippen LogP contribution < -0.4 is 0 Å². The number of rotatable bonds is 0. The van der Waals surface area contributed by atoms with Crippen LogP contribution in [0.25, 0.3) is 0 Å². The van der Waals surface area contributed by atoms with Crippen LogP contribution >= 0.6 is 0 Å². The first-order valence-corrected chi connectivity index (χ1v) is 5.80. The average Bonchev–Trinajstić information content (AvgIpc) is 2.72. The van der Waals surface area contributed by atoms with E-state index in [9.17, 15) is 9.59 Å². The first-order valence-electron chi connectivity index (χ1n) is 5.80. The van der Waals surface area contributed by atoms with Crippen LogP contribution in [0.5, 0.6) is 0 Å². The van der Waals surface area contributed by atoms with Gasteiger partial charge in [0.2, 0.25) is 11.8 Å². The van der Waals surface area contributed by atoms with Crippen molar-refractivity contribution in [3.63, 3.8) is 0 Å². The van der Waals surface area contributed by atoms with E-state index >= 15 is 0 Å². The first kappa shape index (κ1) is 10.0. The van der Waals surface area contributed by atoms with Gasteiger partial charge in [-0.1, -0.05) is 11.6 Å². The van der Waals surface area contributed by atoms with E-state index in [0.29, 0.717) is 0 Å². The van der Waals surface area contributed by atoms with Crippen LogP contribution in [0.2, 0.25) is 0 Å². The maximum atomic E-state index is 12.0. The zero-order chi connectivity index (χ0) is 11.4. The Morgan fingerprint density at radius 3 is 2.81 bits per heavy atom. The summed E-state index contributed by atoms with van der Waals surface area (Å²) in [4.78, 5) is 27.5. The molecule has 0 N–H and O–H groups in total. The van der Waals surface area contributed by atoms with Crippen molar-refractivity contribution in [1.82, 2.24) is 9.80 Å². The lowest BCUT2D eigenvalue weighted by atomic mass is 9.88. The predicted molar refractivity (Wildman–Crippen MR) is 58.5 cm³/mol. The number of carbonyl (C=O) groups excluding carboxylic acids is 2. The molecule has 3 rings (SSSR count). The summed E-state index contributed by atoms with van der Waals surface area (Å²) >= 11 is 0. The first-order chi connectivity index (χ1) is 7.59. The van der Waals surface area contributed by atoms with Crippen molar-refractivity contribution in [1.29, 1.82) is 0 Å². The molecule has 0 aromatic heterocycles. The molecule has 4 nitrogen and oxygen atoms in total. The molecule has 86 valence electrons. The lowest BCUT2D eigenvalue weighted by molar-refractivity contribution is -0.139. The molecule has 4 heteroatoms. The molecule has 0 radical (unpaired) electrons. The third-order valence-corrected chi connectivity index (χ3v) is 4.22. The van der Waals surface area contributed by atoms with Crippen molar-refractivity contribution in [3.05, 3.63) is 11.6 Å². The highest BCUT2D eigenvalue weighted by molar-refractivity contribution is 6.05. The standard InChI is InChI=1S/C12H16N2O2/c1-7-3-4-14-6-8-10(9(14)5-7)12(16)13(2)11(8)15/h3,8-10H,4-6H2,1-2H3/t8-,9+,10-/m1/s1. The van der Waals surface area contributed by atoms with Crippen LogP contribution in [0.1, 0.15) is 13.3 Å². The molecule has 3 aliphatic heterocycles. The van der Waals surface area contributed by atoms with Crippen molar-refractivity contribution in [3.8, 4) is 0 Å². The fourth-order valence-corrected chi connectivity index (χ4v) is 3.30. The summed E-state index contributed by atoms with van der Waals surface area (Å²) in [5.41, 5.74) is 1.34. The Morgan fingerprint density at radius 1 is 1.31 bits per heavy atom.